The zero-order valence-electron chi connectivity index (χ0n) is 24.1. The molecule has 11 heteroatoms. The van der Waals surface area contributed by atoms with E-state index in [0.29, 0.717) is 59.7 Å². The van der Waals surface area contributed by atoms with Crippen molar-refractivity contribution in [2.24, 2.45) is 11.8 Å². The Labute approximate surface area is 244 Å². The predicted octanol–water partition coefficient (Wildman–Crippen LogP) is 5.01. The van der Waals surface area contributed by atoms with Gasteiger partial charge in [0.05, 0.1) is 12.3 Å². The summed E-state index contributed by atoms with van der Waals surface area (Å²) >= 11 is 0. The number of pyridine rings is 2. The van der Waals surface area contributed by atoms with Crippen molar-refractivity contribution in [3.63, 3.8) is 0 Å². The fraction of sp³-hybridized carbons (Fsp3) is 0.452. The van der Waals surface area contributed by atoms with E-state index in [1.807, 2.05) is 6.92 Å². The summed E-state index contributed by atoms with van der Waals surface area (Å²) in [6.07, 6.45) is 5.40. The van der Waals surface area contributed by atoms with E-state index in [1.54, 1.807) is 18.3 Å². The minimum atomic E-state index is -1.07. The van der Waals surface area contributed by atoms with Crippen LogP contribution in [0.1, 0.15) is 25.3 Å². The van der Waals surface area contributed by atoms with E-state index >= 15 is 4.39 Å². The number of amides is 1. The van der Waals surface area contributed by atoms with Gasteiger partial charge in [0.1, 0.15) is 25.0 Å². The number of carbonyl (C=O) groups is 1. The Kier molecular flexibility index (Phi) is 7.50. The largest absolute Gasteiger partial charge is 0.524 e. The maximum absolute atomic E-state index is 15.7. The van der Waals surface area contributed by atoms with Crippen LogP contribution in [0.15, 0.2) is 37.3 Å². The van der Waals surface area contributed by atoms with Crippen molar-refractivity contribution in [1.29, 1.82) is 0 Å². The lowest BCUT2D eigenvalue weighted by Gasteiger charge is -2.41. The Morgan fingerprint density at radius 1 is 1.29 bits per heavy atom. The summed E-state index contributed by atoms with van der Waals surface area (Å²) in [7, 11) is 0. The van der Waals surface area contributed by atoms with Crippen LogP contribution in [0.2, 0.25) is 0 Å². The topological polar surface area (TPSA) is 123 Å². The standard InChI is InChI=1S/C31H37FN6O4/c1-4-38(31(39)40,16-21-15-37(8-5-18(21)2)22-6-9-41-17-22)26-12-20-11-23(27(32)28(33)25(20)14-35-26)24-13-36-30-29(19(24)3)34-7-10-42-30/h4,11-14,18,21-22,34H,1,5-10,15-17H2,2-3H3,(H2-,33,35,39,40)/p+1/t18-,21-,22-,38?/m1/s1. The third-order valence-corrected chi connectivity index (χ3v) is 9.37. The number of nitrogen functional groups attached to an aromatic ring is 1. The number of carboxylic acid groups (broad SMARTS) is 1. The van der Waals surface area contributed by atoms with Crippen molar-refractivity contribution in [2.75, 3.05) is 57.1 Å². The van der Waals surface area contributed by atoms with Gasteiger partial charge in [0.15, 0.2) is 5.82 Å². The summed E-state index contributed by atoms with van der Waals surface area (Å²) in [6.45, 7) is 12.7. The average molecular weight is 578 g/mol. The molecule has 3 aromatic rings. The molecule has 42 heavy (non-hydrogen) atoms. The highest BCUT2D eigenvalue weighted by Crippen LogP contribution is 2.41. The Hall–Kier alpha value is -3.80. The second kappa shape index (κ2) is 11.1. The molecule has 1 unspecified atom stereocenters. The van der Waals surface area contributed by atoms with Crippen molar-refractivity contribution < 1.29 is 23.8 Å². The minimum absolute atomic E-state index is 0.0507. The van der Waals surface area contributed by atoms with Gasteiger partial charge < -0.3 is 25.6 Å². The van der Waals surface area contributed by atoms with Gasteiger partial charge in [-0.1, -0.05) is 6.92 Å². The number of nitrogens with zero attached hydrogens (tertiary/aromatic N) is 4. The number of benzene rings is 1. The lowest BCUT2D eigenvalue weighted by molar-refractivity contribution is 0.0642. The molecule has 0 aliphatic carbocycles. The zero-order valence-corrected chi connectivity index (χ0v) is 24.1. The van der Waals surface area contributed by atoms with Crippen molar-refractivity contribution in [3.8, 4) is 17.0 Å². The molecule has 10 nitrogen and oxygen atoms in total. The van der Waals surface area contributed by atoms with Crippen molar-refractivity contribution >= 4 is 34.1 Å². The molecule has 3 aliphatic heterocycles. The van der Waals surface area contributed by atoms with Crippen LogP contribution >= 0.6 is 0 Å². The highest BCUT2D eigenvalue weighted by atomic mass is 19.1. The number of likely N-dealkylation sites (tertiary alicyclic amines) is 1. The van der Waals surface area contributed by atoms with Crippen molar-refractivity contribution in [3.05, 3.63) is 48.7 Å². The molecule has 1 amide bonds. The number of nitrogens with two attached hydrogens (primary N) is 1. The molecule has 1 aromatic carbocycles. The molecule has 2 fully saturated rings. The fourth-order valence-corrected chi connectivity index (χ4v) is 6.64. The summed E-state index contributed by atoms with van der Waals surface area (Å²) < 4.78 is 26.4. The molecule has 0 spiro atoms. The lowest BCUT2D eigenvalue weighted by Crippen LogP contribution is -2.56. The first-order chi connectivity index (χ1) is 20.2. The van der Waals surface area contributed by atoms with Gasteiger partial charge in [-0.15, -0.1) is 4.48 Å². The van der Waals surface area contributed by atoms with Gasteiger partial charge in [-0.3, -0.25) is 4.90 Å². The fourth-order valence-electron chi connectivity index (χ4n) is 6.64. The summed E-state index contributed by atoms with van der Waals surface area (Å²) in [5.74, 6) is 0.626. The third kappa shape index (κ3) is 4.75. The number of anilines is 2. The second-order valence-corrected chi connectivity index (χ2v) is 11.7. The quantitative estimate of drug-likeness (QED) is 0.274. The first kappa shape index (κ1) is 28.3. The molecular formula is C31H38FN6O4+. The maximum atomic E-state index is 15.7. The van der Waals surface area contributed by atoms with Gasteiger partial charge in [0, 0.05) is 66.6 Å². The summed E-state index contributed by atoms with van der Waals surface area (Å²) in [6, 6.07) is 3.76. The molecular weight excluding hydrogens is 539 g/mol. The van der Waals surface area contributed by atoms with Gasteiger partial charge in [-0.2, -0.15) is 4.79 Å². The van der Waals surface area contributed by atoms with E-state index in [4.69, 9.17) is 15.2 Å². The van der Waals surface area contributed by atoms with Crippen LogP contribution in [0.3, 0.4) is 0 Å². The van der Waals surface area contributed by atoms with E-state index in [0.717, 1.165) is 50.4 Å². The van der Waals surface area contributed by atoms with Crippen LogP contribution in [0.5, 0.6) is 5.88 Å². The number of hydrogen-bond donors (Lipinski definition) is 3. The van der Waals surface area contributed by atoms with Gasteiger partial charge in [-0.05, 0) is 55.8 Å². The first-order valence-electron chi connectivity index (χ1n) is 14.5. The van der Waals surface area contributed by atoms with E-state index < -0.39 is 16.4 Å². The van der Waals surface area contributed by atoms with Crippen molar-refractivity contribution in [1.82, 2.24) is 19.4 Å². The van der Waals surface area contributed by atoms with E-state index in [2.05, 4.69) is 33.7 Å². The average Bonchev–Trinajstić information content (AvgIpc) is 3.54. The monoisotopic (exact) mass is 577 g/mol. The van der Waals surface area contributed by atoms with Crippen molar-refractivity contribution in [2.45, 2.75) is 32.7 Å². The molecule has 4 N–H and O–H groups in total. The van der Waals surface area contributed by atoms with Gasteiger partial charge in [-0.25, -0.2) is 14.4 Å². The van der Waals surface area contributed by atoms with Gasteiger partial charge in [0.2, 0.25) is 11.7 Å². The molecule has 0 saturated carbocycles. The summed E-state index contributed by atoms with van der Waals surface area (Å²) in [4.78, 5) is 24.4. The highest BCUT2D eigenvalue weighted by Gasteiger charge is 2.44. The molecule has 6 rings (SSSR count). The number of piperidine rings is 1. The Morgan fingerprint density at radius 3 is 2.86 bits per heavy atom. The van der Waals surface area contributed by atoms with Crippen LogP contribution in [-0.2, 0) is 4.74 Å². The lowest BCUT2D eigenvalue weighted by atomic mass is 9.85. The van der Waals surface area contributed by atoms with Crippen LogP contribution < -0.4 is 20.3 Å². The predicted molar refractivity (Wildman–Crippen MR) is 161 cm³/mol. The van der Waals surface area contributed by atoms with Crippen LogP contribution in [-0.4, -0.2) is 78.1 Å². The Morgan fingerprint density at radius 2 is 2.12 bits per heavy atom. The molecule has 0 bridgehead atoms. The number of fused-ring (bicyclic) bond motifs is 2. The number of quaternary nitrogens is 1. The minimum Gasteiger partial charge on any atom is -0.474 e. The van der Waals surface area contributed by atoms with Crippen LogP contribution in [0.25, 0.3) is 21.9 Å². The van der Waals surface area contributed by atoms with E-state index in [9.17, 15) is 9.90 Å². The van der Waals surface area contributed by atoms with Crippen LogP contribution in [0.4, 0.5) is 26.4 Å². The molecule has 222 valence electrons. The molecule has 4 atom stereocenters. The van der Waals surface area contributed by atoms with E-state index in [1.165, 1.54) is 12.4 Å². The normalized spacial score (nSPS) is 23.9. The Balaban J connectivity index is 1.40. The number of hydrogen-bond acceptors (Lipinski definition) is 8. The summed E-state index contributed by atoms with van der Waals surface area (Å²) in [5, 5.41) is 14.9. The van der Waals surface area contributed by atoms with Gasteiger partial charge in [0.25, 0.3) is 0 Å². The smallest absolute Gasteiger partial charge is 0.474 e. The van der Waals surface area contributed by atoms with Gasteiger partial charge >= 0.3 is 6.09 Å². The number of rotatable bonds is 6. The molecule has 0 radical (unpaired) electrons. The molecule has 2 saturated heterocycles. The zero-order chi connectivity index (χ0) is 29.6. The number of halogens is 1. The SMILES string of the molecule is C=C[N+](C[C@H]1CN([C@@H]2CCOC2)CC[C@H]1C)(C(=O)O)c1cc2cc(-c3cnc4c(c3C)NCCO4)c(F)c(N)c2cn1. The van der Waals surface area contributed by atoms with E-state index in [-0.39, 0.29) is 17.2 Å². The number of nitrogens with one attached hydrogen (secondary N) is 1. The highest BCUT2D eigenvalue weighted by molar-refractivity contribution is 5.99. The number of ether oxygens (including phenoxy) is 2. The second-order valence-electron chi connectivity index (χ2n) is 11.7. The summed E-state index contributed by atoms with van der Waals surface area (Å²) in [5.41, 5.74) is 8.62. The third-order valence-electron chi connectivity index (χ3n) is 9.37. The first-order valence-corrected chi connectivity index (χ1v) is 14.5. The maximum Gasteiger partial charge on any atom is 0.524 e. The Bertz CT molecular complexity index is 1540. The molecule has 2 aromatic heterocycles. The molecule has 5 heterocycles. The van der Waals surface area contributed by atoms with Crippen LogP contribution in [0, 0.1) is 24.6 Å². The number of aromatic nitrogens is 2. The molecule has 3 aliphatic rings.